The van der Waals surface area contributed by atoms with Crippen molar-refractivity contribution in [2.75, 3.05) is 10.6 Å². The van der Waals surface area contributed by atoms with E-state index in [9.17, 15) is 9.59 Å². The van der Waals surface area contributed by atoms with Crippen LogP contribution in [0, 0.1) is 18.3 Å². The van der Waals surface area contributed by atoms with E-state index in [0.29, 0.717) is 11.4 Å². The smallest absolute Gasteiger partial charge is 0.248 e. The molecule has 0 heterocycles. The maximum absolute atomic E-state index is 11.9. The van der Waals surface area contributed by atoms with Gasteiger partial charge >= 0.3 is 0 Å². The van der Waals surface area contributed by atoms with Crippen LogP contribution < -0.4 is 10.6 Å². The quantitative estimate of drug-likeness (QED) is 0.828. The van der Waals surface area contributed by atoms with Crippen LogP contribution in [-0.4, -0.2) is 11.8 Å². The largest absolute Gasteiger partial charge is 0.325 e. The summed E-state index contributed by atoms with van der Waals surface area (Å²) in [6.45, 7) is 1.98. The van der Waals surface area contributed by atoms with Gasteiger partial charge in [0.1, 0.15) is 6.42 Å². The standard InChI is InChI=1S/C19H17N3O2/c1-14-4-2-3-5-15(14)6-11-18(23)21-16-7-9-17(10-8-16)22-19(24)12-13-20/h2-11H,12H2,1H3,(H,21,23)(H,22,24)/b11-6+. The van der Waals surface area contributed by atoms with E-state index in [4.69, 9.17) is 5.26 Å². The first-order valence-electron chi connectivity index (χ1n) is 7.40. The number of rotatable bonds is 5. The average Bonchev–Trinajstić information content (AvgIpc) is 2.56. The fraction of sp³-hybridized carbons (Fsp3) is 0.105. The summed E-state index contributed by atoms with van der Waals surface area (Å²) < 4.78 is 0. The van der Waals surface area contributed by atoms with Crippen molar-refractivity contribution in [2.24, 2.45) is 0 Å². The van der Waals surface area contributed by atoms with Crippen LogP contribution in [0.15, 0.2) is 54.6 Å². The van der Waals surface area contributed by atoms with E-state index in [0.717, 1.165) is 11.1 Å². The number of nitriles is 1. The molecule has 2 rings (SSSR count). The lowest BCUT2D eigenvalue weighted by Gasteiger charge is -2.05. The van der Waals surface area contributed by atoms with Gasteiger partial charge in [0.05, 0.1) is 6.07 Å². The topological polar surface area (TPSA) is 82.0 Å². The Morgan fingerprint density at radius 1 is 1.04 bits per heavy atom. The van der Waals surface area contributed by atoms with Crippen molar-refractivity contribution in [3.8, 4) is 6.07 Å². The molecule has 0 radical (unpaired) electrons. The first-order chi connectivity index (χ1) is 11.6. The van der Waals surface area contributed by atoms with Gasteiger partial charge in [0, 0.05) is 17.5 Å². The molecule has 2 amide bonds. The maximum atomic E-state index is 11.9. The number of amides is 2. The number of nitrogens with one attached hydrogen (secondary N) is 2. The van der Waals surface area contributed by atoms with Crippen molar-refractivity contribution < 1.29 is 9.59 Å². The Morgan fingerprint density at radius 3 is 2.29 bits per heavy atom. The molecule has 24 heavy (non-hydrogen) atoms. The Kier molecular flexibility index (Phi) is 5.87. The van der Waals surface area contributed by atoms with Gasteiger partial charge in [0.15, 0.2) is 0 Å². The highest BCUT2D eigenvalue weighted by molar-refractivity contribution is 6.02. The molecule has 120 valence electrons. The zero-order valence-electron chi connectivity index (χ0n) is 13.2. The van der Waals surface area contributed by atoms with Crippen LogP contribution in [0.5, 0.6) is 0 Å². The van der Waals surface area contributed by atoms with Gasteiger partial charge in [-0.05, 0) is 48.4 Å². The third kappa shape index (κ3) is 5.11. The molecule has 0 aliphatic carbocycles. The van der Waals surface area contributed by atoms with Crippen LogP contribution in [0.1, 0.15) is 17.5 Å². The maximum Gasteiger partial charge on any atom is 0.248 e. The molecule has 5 heteroatoms. The number of carbonyl (C=O) groups excluding carboxylic acids is 2. The number of aryl methyl sites for hydroxylation is 1. The Balaban J connectivity index is 1.94. The van der Waals surface area contributed by atoms with Crippen molar-refractivity contribution in [3.05, 3.63) is 65.7 Å². The molecule has 5 nitrogen and oxygen atoms in total. The highest BCUT2D eigenvalue weighted by Gasteiger charge is 2.02. The summed E-state index contributed by atoms with van der Waals surface area (Å²) in [4.78, 5) is 23.3. The van der Waals surface area contributed by atoms with E-state index in [2.05, 4.69) is 10.6 Å². The summed E-state index contributed by atoms with van der Waals surface area (Å²) in [6.07, 6.45) is 3.05. The second-order valence-corrected chi connectivity index (χ2v) is 5.14. The molecule has 0 saturated heterocycles. The summed E-state index contributed by atoms with van der Waals surface area (Å²) in [6, 6.07) is 16.3. The molecule has 2 aromatic rings. The van der Waals surface area contributed by atoms with E-state index in [-0.39, 0.29) is 18.2 Å². The third-order valence-electron chi connectivity index (χ3n) is 3.28. The highest BCUT2D eigenvalue weighted by Crippen LogP contribution is 2.14. The average molecular weight is 319 g/mol. The molecule has 0 aliphatic rings. The van der Waals surface area contributed by atoms with E-state index in [1.54, 1.807) is 36.4 Å². The highest BCUT2D eigenvalue weighted by atomic mass is 16.2. The lowest BCUT2D eigenvalue weighted by atomic mass is 10.1. The number of hydrogen-bond acceptors (Lipinski definition) is 3. The van der Waals surface area contributed by atoms with Crippen LogP contribution >= 0.6 is 0 Å². The Bertz CT molecular complexity index is 802. The van der Waals surface area contributed by atoms with Gasteiger partial charge in [0.25, 0.3) is 0 Å². The summed E-state index contributed by atoms with van der Waals surface area (Å²) >= 11 is 0. The van der Waals surface area contributed by atoms with Crippen molar-refractivity contribution in [3.63, 3.8) is 0 Å². The van der Waals surface area contributed by atoms with E-state index in [1.807, 2.05) is 31.2 Å². The molecule has 0 bridgehead atoms. The monoisotopic (exact) mass is 319 g/mol. The van der Waals surface area contributed by atoms with Crippen LogP contribution in [-0.2, 0) is 9.59 Å². The van der Waals surface area contributed by atoms with Crippen LogP contribution in [0.2, 0.25) is 0 Å². The normalized spacial score (nSPS) is 10.2. The van der Waals surface area contributed by atoms with Gasteiger partial charge in [-0.1, -0.05) is 24.3 Å². The minimum atomic E-state index is -0.365. The van der Waals surface area contributed by atoms with Crippen molar-refractivity contribution in [2.45, 2.75) is 13.3 Å². The van der Waals surface area contributed by atoms with Gasteiger partial charge < -0.3 is 10.6 Å². The Morgan fingerprint density at radius 2 is 1.67 bits per heavy atom. The lowest BCUT2D eigenvalue weighted by molar-refractivity contribution is -0.115. The molecule has 0 aromatic heterocycles. The van der Waals surface area contributed by atoms with E-state index >= 15 is 0 Å². The summed E-state index contributed by atoms with van der Waals surface area (Å²) in [7, 11) is 0. The zero-order chi connectivity index (χ0) is 17.4. The minimum absolute atomic E-state index is 0.192. The molecular weight excluding hydrogens is 302 g/mol. The van der Waals surface area contributed by atoms with Crippen LogP contribution in [0.3, 0.4) is 0 Å². The van der Waals surface area contributed by atoms with Gasteiger partial charge in [-0.15, -0.1) is 0 Å². The molecule has 0 fully saturated rings. The van der Waals surface area contributed by atoms with Crippen LogP contribution in [0.25, 0.3) is 6.08 Å². The number of anilines is 2. The third-order valence-corrected chi connectivity index (χ3v) is 3.28. The van der Waals surface area contributed by atoms with Crippen molar-refractivity contribution >= 4 is 29.3 Å². The lowest BCUT2D eigenvalue weighted by Crippen LogP contribution is -2.10. The van der Waals surface area contributed by atoms with Gasteiger partial charge in [-0.25, -0.2) is 0 Å². The first-order valence-corrected chi connectivity index (χ1v) is 7.40. The predicted molar refractivity (Wildman–Crippen MR) is 94.1 cm³/mol. The second-order valence-electron chi connectivity index (χ2n) is 5.14. The SMILES string of the molecule is Cc1ccccc1/C=C/C(=O)Nc1ccc(NC(=O)CC#N)cc1. The van der Waals surface area contributed by atoms with Gasteiger partial charge in [-0.2, -0.15) is 5.26 Å². The second kappa shape index (κ2) is 8.30. The first kappa shape index (κ1) is 17.0. The predicted octanol–water partition coefficient (Wildman–Crippen LogP) is 3.50. The Labute approximate surface area is 140 Å². The van der Waals surface area contributed by atoms with E-state index < -0.39 is 0 Å². The molecule has 0 atom stereocenters. The summed E-state index contributed by atoms with van der Waals surface area (Å²) in [5.74, 6) is -0.602. The fourth-order valence-corrected chi connectivity index (χ4v) is 2.04. The number of nitrogens with zero attached hydrogens (tertiary/aromatic N) is 1. The zero-order valence-corrected chi connectivity index (χ0v) is 13.2. The summed E-state index contributed by atoms with van der Waals surface area (Å²) in [5, 5.41) is 13.8. The van der Waals surface area contributed by atoms with Crippen LogP contribution in [0.4, 0.5) is 11.4 Å². The Hall–Kier alpha value is -3.39. The molecule has 0 spiro atoms. The fourth-order valence-electron chi connectivity index (χ4n) is 2.04. The number of carbonyl (C=O) groups is 2. The molecule has 2 N–H and O–H groups in total. The van der Waals surface area contributed by atoms with E-state index in [1.165, 1.54) is 6.08 Å². The minimum Gasteiger partial charge on any atom is -0.325 e. The molecule has 0 unspecified atom stereocenters. The molecule has 0 saturated carbocycles. The van der Waals surface area contributed by atoms with Gasteiger partial charge in [0.2, 0.25) is 11.8 Å². The van der Waals surface area contributed by atoms with Gasteiger partial charge in [-0.3, -0.25) is 9.59 Å². The molecular formula is C19H17N3O2. The number of benzene rings is 2. The number of hydrogen-bond donors (Lipinski definition) is 2. The summed E-state index contributed by atoms with van der Waals surface area (Å²) in [5.41, 5.74) is 3.28. The van der Waals surface area contributed by atoms with Crippen molar-refractivity contribution in [1.29, 1.82) is 5.26 Å². The van der Waals surface area contributed by atoms with Crippen molar-refractivity contribution in [1.82, 2.24) is 0 Å². The molecule has 0 aliphatic heterocycles. The molecule has 2 aromatic carbocycles.